The lowest BCUT2D eigenvalue weighted by Gasteiger charge is -2.19. The SMILES string of the molecule is COc1c(F)cc(S(=O)(=O)N2CCCNCC2)cc1[N+](=O)[O-]. The van der Waals surface area contributed by atoms with Crippen LogP contribution in [0.15, 0.2) is 17.0 Å². The van der Waals surface area contributed by atoms with E-state index in [2.05, 4.69) is 10.1 Å². The number of halogens is 1. The van der Waals surface area contributed by atoms with E-state index in [1.807, 2.05) is 0 Å². The summed E-state index contributed by atoms with van der Waals surface area (Å²) < 4.78 is 44.8. The number of ether oxygens (including phenoxy) is 1. The molecule has 1 aromatic rings. The molecule has 1 fully saturated rings. The van der Waals surface area contributed by atoms with Crippen LogP contribution >= 0.6 is 0 Å². The van der Waals surface area contributed by atoms with E-state index in [9.17, 15) is 22.9 Å². The molecule has 1 aliphatic rings. The smallest absolute Gasteiger partial charge is 0.315 e. The molecule has 1 saturated heterocycles. The largest absolute Gasteiger partial charge is 0.488 e. The molecule has 1 aliphatic heterocycles. The van der Waals surface area contributed by atoms with Gasteiger partial charge in [-0.05, 0) is 19.0 Å². The van der Waals surface area contributed by atoms with Crippen molar-refractivity contribution in [3.05, 3.63) is 28.1 Å². The van der Waals surface area contributed by atoms with Crippen molar-refractivity contribution >= 4 is 15.7 Å². The van der Waals surface area contributed by atoms with Gasteiger partial charge in [0.25, 0.3) is 0 Å². The molecule has 0 radical (unpaired) electrons. The third kappa shape index (κ3) is 3.18. The maximum atomic E-state index is 13.9. The molecule has 10 heteroatoms. The Bertz CT molecular complexity index is 672. The van der Waals surface area contributed by atoms with Crippen LogP contribution in [0.3, 0.4) is 0 Å². The number of sulfonamides is 1. The molecule has 0 unspecified atom stereocenters. The molecule has 1 N–H and O–H groups in total. The molecule has 0 atom stereocenters. The zero-order valence-corrected chi connectivity index (χ0v) is 12.7. The van der Waals surface area contributed by atoms with Gasteiger partial charge in [0, 0.05) is 25.7 Å². The van der Waals surface area contributed by atoms with Crippen LogP contribution in [0.2, 0.25) is 0 Å². The number of rotatable bonds is 4. The van der Waals surface area contributed by atoms with Gasteiger partial charge in [-0.3, -0.25) is 10.1 Å². The fourth-order valence-electron chi connectivity index (χ4n) is 2.25. The number of nitro benzene ring substituents is 1. The molecule has 22 heavy (non-hydrogen) atoms. The summed E-state index contributed by atoms with van der Waals surface area (Å²) in [4.78, 5) is 9.67. The lowest BCUT2D eigenvalue weighted by molar-refractivity contribution is -0.386. The molecular weight excluding hydrogens is 317 g/mol. The van der Waals surface area contributed by atoms with E-state index in [1.165, 1.54) is 4.31 Å². The highest BCUT2D eigenvalue weighted by Gasteiger charge is 2.30. The summed E-state index contributed by atoms with van der Waals surface area (Å²) in [7, 11) is -2.91. The molecule has 8 nitrogen and oxygen atoms in total. The maximum Gasteiger partial charge on any atom is 0.315 e. The summed E-state index contributed by atoms with van der Waals surface area (Å²) >= 11 is 0. The van der Waals surface area contributed by atoms with Gasteiger partial charge in [0.2, 0.25) is 15.8 Å². The molecule has 0 spiro atoms. The first kappa shape index (κ1) is 16.6. The van der Waals surface area contributed by atoms with Crippen molar-refractivity contribution in [1.82, 2.24) is 9.62 Å². The maximum absolute atomic E-state index is 13.9. The summed E-state index contributed by atoms with van der Waals surface area (Å²) in [5.41, 5.74) is -0.714. The number of nitrogens with zero attached hydrogens (tertiary/aromatic N) is 2. The van der Waals surface area contributed by atoms with E-state index in [-0.39, 0.29) is 13.1 Å². The number of hydrogen-bond acceptors (Lipinski definition) is 6. The van der Waals surface area contributed by atoms with Crippen molar-refractivity contribution in [3.8, 4) is 5.75 Å². The zero-order valence-electron chi connectivity index (χ0n) is 11.9. The minimum Gasteiger partial charge on any atom is -0.488 e. The summed E-state index contributed by atoms with van der Waals surface area (Å²) in [6, 6.07) is 1.58. The third-order valence-electron chi connectivity index (χ3n) is 3.34. The monoisotopic (exact) mass is 333 g/mol. The lowest BCUT2D eigenvalue weighted by atomic mass is 10.3. The Labute approximate surface area is 127 Å². The molecule has 0 saturated carbocycles. The Kier molecular flexibility index (Phi) is 4.94. The van der Waals surface area contributed by atoms with E-state index in [4.69, 9.17) is 0 Å². The second-order valence-electron chi connectivity index (χ2n) is 4.72. The van der Waals surface area contributed by atoms with Gasteiger partial charge in [-0.2, -0.15) is 4.31 Å². The van der Waals surface area contributed by atoms with E-state index in [0.717, 1.165) is 19.2 Å². The van der Waals surface area contributed by atoms with Crippen LogP contribution in [0, 0.1) is 15.9 Å². The van der Waals surface area contributed by atoms with Gasteiger partial charge in [-0.1, -0.05) is 0 Å². The van der Waals surface area contributed by atoms with Crippen LogP contribution in [-0.2, 0) is 10.0 Å². The van der Waals surface area contributed by atoms with Crippen molar-refractivity contribution in [1.29, 1.82) is 0 Å². The summed E-state index contributed by atoms with van der Waals surface area (Å²) in [6.45, 7) is 1.66. The fourth-order valence-corrected chi connectivity index (χ4v) is 3.76. The highest BCUT2D eigenvalue weighted by Crippen LogP contribution is 2.33. The van der Waals surface area contributed by atoms with Crippen molar-refractivity contribution in [2.24, 2.45) is 0 Å². The highest BCUT2D eigenvalue weighted by molar-refractivity contribution is 7.89. The van der Waals surface area contributed by atoms with Crippen molar-refractivity contribution in [2.45, 2.75) is 11.3 Å². The first-order chi connectivity index (χ1) is 10.4. The first-order valence-electron chi connectivity index (χ1n) is 6.60. The summed E-state index contributed by atoms with van der Waals surface area (Å²) in [5.74, 6) is -1.66. The van der Waals surface area contributed by atoms with Crippen LogP contribution in [0.4, 0.5) is 10.1 Å². The Morgan fingerprint density at radius 2 is 2.09 bits per heavy atom. The average molecular weight is 333 g/mol. The topological polar surface area (TPSA) is 102 Å². The molecule has 1 aromatic carbocycles. The second kappa shape index (κ2) is 6.55. The van der Waals surface area contributed by atoms with Crippen molar-refractivity contribution in [2.75, 3.05) is 33.3 Å². The molecule has 0 amide bonds. The van der Waals surface area contributed by atoms with Crippen LogP contribution in [-0.4, -0.2) is 50.9 Å². The molecule has 0 aliphatic carbocycles. The molecule has 0 bridgehead atoms. The minimum atomic E-state index is -4.00. The van der Waals surface area contributed by atoms with Crippen LogP contribution < -0.4 is 10.1 Å². The van der Waals surface area contributed by atoms with Gasteiger partial charge in [0.1, 0.15) is 0 Å². The number of hydrogen-bond donors (Lipinski definition) is 1. The van der Waals surface area contributed by atoms with E-state index >= 15 is 0 Å². The Balaban J connectivity index is 2.49. The number of nitrogens with one attached hydrogen (secondary N) is 1. The molecule has 1 heterocycles. The molecule has 122 valence electrons. The summed E-state index contributed by atoms with van der Waals surface area (Å²) in [5, 5.41) is 14.0. The van der Waals surface area contributed by atoms with Crippen LogP contribution in [0.25, 0.3) is 0 Å². The van der Waals surface area contributed by atoms with Gasteiger partial charge < -0.3 is 10.1 Å². The van der Waals surface area contributed by atoms with E-state index in [0.29, 0.717) is 19.5 Å². The van der Waals surface area contributed by atoms with Gasteiger partial charge >= 0.3 is 5.69 Å². The fraction of sp³-hybridized carbons (Fsp3) is 0.500. The molecule has 0 aromatic heterocycles. The predicted molar refractivity (Wildman–Crippen MR) is 75.9 cm³/mol. The number of nitro groups is 1. The summed E-state index contributed by atoms with van der Waals surface area (Å²) in [6.07, 6.45) is 0.611. The molecular formula is C12H16FN3O5S. The number of methoxy groups -OCH3 is 1. The highest BCUT2D eigenvalue weighted by atomic mass is 32.2. The van der Waals surface area contributed by atoms with Crippen molar-refractivity contribution in [3.63, 3.8) is 0 Å². The Morgan fingerprint density at radius 3 is 2.73 bits per heavy atom. The van der Waals surface area contributed by atoms with Gasteiger partial charge in [-0.25, -0.2) is 12.8 Å². The van der Waals surface area contributed by atoms with Crippen molar-refractivity contribution < 1.29 is 22.5 Å². The van der Waals surface area contributed by atoms with Crippen LogP contribution in [0.5, 0.6) is 5.75 Å². The Hall–Kier alpha value is -1.78. The predicted octanol–water partition coefficient (Wildman–Crippen LogP) is 0.726. The quantitative estimate of drug-likeness (QED) is 0.644. The van der Waals surface area contributed by atoms with Gasteiger partial charge in [-0.15, -0.1) is 0 Å². The lowest BCUT2D eigenvalue weighted by Crippen LogP contribution is -2.34. The normalized spacial score (nSPS) is 17.0. The standard InChI is InChI=1S/C12H16FN3O5S/c1-21-12-10(13)7-9(8-11(12)16(17)18)22(19,20)15-5-2-3-14-4-6-15/h7-8,14H,2-6H2,1H3. The van der Waals surface area contributed by atoms with E-state index in [1.54, 1.807) is 0 Å². The third-order valence-corrected chi connectivity index (χ3v) is 5.21. The van der Waals surface area contributed by atoms with Gasteiger partial charge in [0.05, 0.1) is 16.9 Å². The van der Waals surface area contributed by atoms with Gasteiger partial charge in [0.15, 0.2) is 5.82 Å². The molecule has 2 rings (SSSR count). The number of benzene rings is 1. The zero-order chi connectivity index (χ0) is 16.3. The van der Waals surface area contributed by atoms with E-state index < -0.39 is 37.1 Å². The minimum absolute atomic E-state index is 0.226. The first-order valence-corrected chi connectivity index (χ1v) is 8.04. The second-order valence-corrected chi connectivity index (χ2v) is 6.66. The average Bonchev–Trinajstić information content (AvgIpc) is 2.75. The Morgan fingerprint density at radius 1 is 1.36 bits per heavy atom. The van der Waals surface area contributed by atoms with Crippen LogP contribution in [0.1, 0.15) is 6.42 Å².